The summed E-state index contributed by atoms with van der Waals surface area (Å²) in [5.41, 5.74) is 2.17. The minimum absolute atomic E-state index is 0.510. The van der Waals surface area contributed by atoms with E-state index in [1.165, 1.54) is 0 Å². The van der Waals surface area contributed by atoms with Crippen LogP contribution in [-0.2, 0) is 0 Å². The quantitative estimate of drug-likeness (QED) is 0.574. The molecule has 1 nitrogen and oxygen atoms in total. The van der Waals surface area contributed by atoms with Crippen LogP contribution in [0.15, 0.2) is 12.1 Å². The van der Waals surface area contributed by atoms with Gasteiger partial charge in [-0.1, -0.05) is 13.8 Å². The van der Waals surface area contributed by atoms with E-state index in [0.717, 1.165) is 11.4 Å². The van der Waals surface area contributed by atoms with Gasteiger partial charge >= 0.3 is 0 Å². The largest absolute Gasteiger partial charge is 0.258 e. The maximum Gasteiger partial charge on any atom is 0.0438 e. The molecular weight excluding hydrogens is 122 g/mol. The van der Waals surface area contributed by atoms with Gasteiger partial charge in [-0.05, 0) is 31.0 Å². The van der Waals surface area contributed by atoms with Crippen molar-refractivity contribution in [3.05, 3.63) is 29.6 Å². The van der Waals surface area contributed by atoms with E-state index < -0.39 is 0 Å². The summed E-state index contributed by atoms with van der Waals surface area (Å²) in [5, 5.41) is 0. The van der Waals surface area contributed by atoms with Crippen LogP contribution < -0.4 is 0 Å². The maximum absolute atomic E-state index is 4.34. The number of nitrogens with zero attached hydrogens (tertiary/aromatic N) is 1. The number of pyridine rings is 1. The first-order valence-corrected chi connectivity index (χ1v) is 3.55. The number of aryl methyl sites for hydroxylation is 1. The molecule has 1 aromatic rings. The summed E-state index contributed by atoms with van der Waals surface area (Å²) in [6.45, 7) is 6.26. The van der Waals surface area contributed by atoms with Gasteiger partial charge in [0, 0.05) is 11.4 Å². The highest BCUT2D eigenvalue weighted by Gasteiger charge is 1.98. The fourth-order valence-electron chi connectivity index (χ4n) is 0.812. The Kier molecular flexibility index (Phi) is 2.05. The van der Waals surface area contributed by atoms with Crippen LogP contribution in [0.5, 0.6) is 0 Å². The normalized spacial score (nSPS) is 10.4. The van der Waals surface area contributed by atoms with E-state index in [0.29, 0.717) is 5.92 Å². The van der Waals surface area contributed by atoms with Crippen LogP contribution in [0.1, 0.15) is 31.2 Å². The molecule has 1 radical (unpaired) electrons. The van der Waals surface area contributed by atoms with Gasteiger partial charge in [0.1, 0.15) is 0 Å². The van der Waals surface area contributed by atoms with Crippen molar-refractivity contribution < 1.29 is 0 Å². The van der Waals surface area contributed by atoms with Gasteiger partial charge in [-0.3, -0.25) is 4.98 Å². The molecule has 0 spiro atoms. The van der Waals surface area contributed by atoms with Crippen LogP contribution in [0, 0.1) is 13.0 Å². The van der Waals surface area contributed by atoms with E-state index >= 15 is 0 Å². The van der Waals surface area contributed by atoms with Crippen LogP contribution in [0.2, 0.25) is 0 Å². The second-order valence-corrected chi connectivity index (χ2v) is 2.79. The highest BCUT2D eigenvalue weighted by atomic mass is 14.7. The minimum Gasteiger partial charge on any atom is -0.258 e. The van der Waals surface area contributed by atoms with Crippen molar-refractivity contribution in [1.29, 1.82) is 0 Å². The highest BCUT2D eigenvalue weighted by molar-refractivity contribution is 5.11. The van der Waals surface area contributed by atoms with Crippen LogP contribution in [0.25, 0.3) is 0 Å². The van der Waals surface area contributed by atoms with Crippen LogP contribution in [-0.4, -0.2) is 4.98 Å². The summed E-state index contributed by atoms with van der Waals surface area (Å²) in [6.07, 6.45) is 0. The second kappa shape index (κ2) is 2.82. The van der Waals surface area contributed by atoms with E-state index in [9.17, 15) is 0 Å². The smallest absolute Gasteiger partial charge is 0.0438 e. The summed E-state index contributed by atoms with van der Waals surface area (Å²) >= 11 is 0. The Labute approximate surface area is 62.1 Å². The molecular formula is C9H12N. The zero-order chi connectivity index (χ0) is 7.56. The average molecular weight is 134 g/mol. The molecule has 1 rings (SSSR count). The first-order valence-electron chi connectivity index (χ1n) is 3.55. The molecule has 0 atom stereocenters. The number of hydrogen-bond acceptors (Lipinski definition) is 1. The SMILES string of the molecule is Cc1c[c]cc(C(C)C)n1. The lowest BCUT2D eigenvalue weighted by Gasteiger charge is -2.02. The van der Waals surface area contributed by atoms with Gasteiger partial charge in [0.05, 0.1) is 0 Å². The third kappa shape index (κ3) is 1.56. The summed E-state index contributed by atoms with van der Waals surface area (Å²) in [5.74, 6) is 0.510. The van der Waals surface area contributed by atoms with Crippen LogP contribution >= 0.6 is 0 Å². The molecule has 0 bridgehead atoms. The Morgan fingerprint density at radius 1 is 1.40 bits per heavy atom. The van der Waals surface area contributed by atoms with E-state index in [2.05, 4.69) is 24.9 Å². The Bertz CT molecular complexity index is 216. The molecule has 0 aliphatic carbocycles. The topological polar surface area (TPSA) is 12.9 Å². The van der Waals surface area contributed by atoms with Gasteiger partial charge in [-0.15, -0.1) is 0 Å². The zero-order valence-electron chi connectivity index (χ0n) is 6.68. The Morgan fingerprint density at radius 3 is 2.50 bits per heavy atom. The predicted octanol–water partition coefficient (Wildman–Crippen LogP) is 2.31. The van der Waals surface area contributed by atoms with Gasteiger partial charge in [-0.25, -0.2) is 0 Å². The van der Waals surface area contributed by atoms with Crippen molar-refractivity contribution in [1.82, 2.24) is 4.98 Å². The van der Waals surface area contributed by atoms with Crippen molar-refractivity contribution in [3.8, 4) is 0 Å². The minimum atomic E-state index is 0.510. The van der Waals surface area contributed by atoms with Crippen molar-refractivity contribution in [2.45, 2.75) is 26.7 Å². The number of aromatic nitrogens is 1. The average Bonchev–Trinajstić information content (AvgIpc) is 1.88. The lowest BCUT2D eigenvalue weighted by atomic mass is 10.1. The van der Waals surface area contributed by atoms with Crippen molar-refractivity contribution in [2.75, 3.05) is 0 Å². The fourth-order valence-corrected chi connectivity index (χ4v) is 0.812. The fraction of sp³-hybridized carbons (Fsp3) is 0.444. The van der Waals surface area contributed by atoms with E-state index in [1.54, 1.807) is 0 Å². The second-order valence-electron chi connectivity index (χ2n) is 2.79. The van der Waals surface area contributed by atoms with Gasteiger partial charge in [-0.2, -0.15) is 0 Å². The third-order valence-corrected chi connectivity index (χ3v) is 1.42. The third-order valence-electron chi connectivity index (χ3n) is 1.42. The van der Waals surface area contributed by atoms with Crippen LogP contribution in [0.3, 0.4) is 0 Å². The van der Waals surface area contributed by atoms with Gasteiger partial charge in [0.15, 0.2) is 0 Å². The molecule has 53 valence electrons. The lowest BCUT2D eigenvalue weighted by molar-refractivity contribution is 0.815. The summed E-state index contributed by atoms with van der Waals surface area (Å²) in [4.78, 5) is 4.34. The van der Waals surface area contributed by atoms with E-state index in [-0.39, 0.29) is 0 Å². The summed E-state index contributed by atoms with van der Waals surface area (Å²) in [7, 11) is 0. The molecule has 10 heavy (non-hydrogen) atoms. The molecule has 0 unspecified atom stereocenters. The van der Waals surface area contributed by atoms with Crippen LogP contribution in [0.4, 0.5) is 0 Å². The van der Waals surface area contributed by atoms with E-state index in [1.807, 2.05) is 19.1 Å². The van der Waals surface area contributed by atoms with Gasteiger partial charge in [0.25, 0.3) is 0 Å². The van der Waals surface area contributed by atoms with E-state index in [4.69, 9.17) is 0 Å². The van der Waals surface area contributed by atoms with Crippen molar-refractivity contribution in [2.24, 2.45) is 0 Å². The first-order chi connectivity index (χ1) is 4.70. The molecule has 0 saturated carbocycles. The maximum atomic E-state index is 4.34. The number of rotatable bonds is 1. The molecule has 1 heterocycles. The first kappa shape index (κ1) is 7.26. The summed E-state index contributed by atoms with van der Waals surface area (Å²) < 4.78 is 0. The molecule has 0 N–H and O–H groups in total. The molecule has 1 aromatic heterocycles. The summed E-state index contributed by atoms with van der Waals surface area (Å²) in [6, 6.07) is 6.88. The molecule has 0 saturated heterocycles. The van der Waals surface area contributed by atoms with Gasteiger partial charge in [0.2, 0.25) is 0 Å². The predicted molar refractivity (Wildman–Crippen MR) is 41.9 cm³/mol. The monoisotopic (exact) mass is 134 g/mol. The van der Waals surface area contributed by atoms with Crippen molar-refractivity contribution >= 4 is 0 Å². The molecule has 0 fully saturated rings. The lowest BCUT2D eigenvalue weighted by Crippen LogP contribution is -1.92. The van der Waals surface area contributed by atoms with Gasteiger partial charge < -0.3 is 0 Å². The Hall–Kier alpha value is -0.850. The van der Waals surface area contributed by atoms with Crippen molar-refractivity contribution in [3.63, 3.8) is 0 Å². The molecule has 0 amide bonds. The molecule has 0 aliphatic rings. The molecule has 1 heteroatoms. The Balaban J connectivity index is 2.96. The molecule has 0 aromatic carbocycles. The standard InChI is InChI=1S/C9H12N/c1-7(2)9-6-4-5-8(3)10-9/h5-7H,1-3H3. The zero-order valence-corrected chi connectivity index (χ0v) is 6.68. The molecule has 0 aliphatic heterocycles. The highest BCUT2D eigenvalue weighted by Crippen LogP contribution is 2.09. The Morgan fingerprint density at radius 2 is 2.10 bits per heavy atom. The number of hydrogen-bond donors (Lipinski definition) is 0.